The van der Waals surface area contributed by atoms with Gasteiger partial charge in [-0.2, -0.15) is 0 Å². The standard InChI is InChI=1S/C30H50O6/c1-24(2)20(33)8-10-29-16-28(29)13-12-26(5)23(30(34)11-9-21(36-30)25(3,4)35-7)18(32)15-27(26,6)19(28)14-17(31)22(24)29/h17-23,31-34H,8-16H2,1-7H3/t17-,18-,19-,20?,21?,22-,23?,26?,27-,28-,29+,30+/m0/s1. The number of rotatable bonds is 3. The fourth-order valence-electron chi connectivity index (χ4n) is 11.8. The second-order valence-electron chi connectivity index (χ2n) is 15.6. The van der Waals surface area contributed by atoms with Crippen LogP contribution in [-0.4, -0.2) is 63.3 Å². The van der Waals surface area contributed by atoms with E-state index in [2.05, 4.69) is 27.7 Å². The van der Waals surface area contributed by atoms with E-state index in [1.54, 1.807) is 7.11 Å². The van der Waals surface area contributed by atoms with Gasteiger partial charge in [0.1, 0.15) is 0 Å². The van der Waals surface area contributed by atoms with Crippen LogP contribution in [0.25, 0.3) is 0 Å². The lowest BCUT2D eigenvalue weighted by atomic mass is 9.41. The summed E-state index contributed by atoms with van der Waals surface area (Å²) in [6.07, 6.45) is 5.91. The topological polar surface area (TPSA) is 99.4 Å². The minimum atomic E-state index is -1.37. The maximum Gasteiger partial charge on any atom is 0.171 e. The molecule has 6 fully saturated rings. The number of aliphatic hydroxyl groups is 4. The molecule has 0 radical (unpaired) electrons. The van der Waals surface area contributed by atoms with Crippen LogP contribution < -0.4 is 0 Å². The van der Waals surface area contributed by atoms with Crippen molar-refractivity contribution in [3.05, 3.63) is 0 Å². The zero-order valence-electron chi connectivity index (χ0n) is 23.5. The van der Waals surface area contributed by atoms with Crippen LogP contribution in [0.1, 0.15) is 99.3 Å². The van der Waals surface area contributed by atoms with Crippen LogP contribution in [0, 0.1) is 44.8 Å². The Bertz CT molecular complexity index is 934. The Hall–Kier alpha value is -0.240. The third kappa shape index (κ3) is 2.80. The average Bonchev–Trinajstić information content (AvgIpc) is 3.15. The van der Waals surface area contributed by atoms with Crippen LogP contribution in [0.5, 0.6) is 0 Å². The normalized spacial score (nSPS) is 59.6. The summed E-state index contributed by atoms with van der Waals surface area (Å²) in [5, 5.41) is 46.2. The molecule has 0 amide bonds. The van der Waals surface area contributed by atoms with E-state index in [-0.39, 0.29) is 51.1 Å². The van der Waals surface area contributed by atoms with Crippen molar-refractivity contribution in [2.45, 2.75) is 135 Å². The van der Waals surface area contributed by atoms with Crippen LogP contribution >= 0.6 is 0 Å². The number of ether oxygens (including phenoxy) is 2. The summed E-state index contributed by atoms with van der Waals surface area (Å²) in [6, 6.07) is 0. The summed E-state index contributed by atoms with van der Waals surface area (Å²) in [5.74, 6) is -1.30. The molecule has 6 heteroatoms. The number of aliphatic hydroxyl groups excluding tert-OH is 3. The van der Waals surface area contributed by atoms with Crippen molar-refractivity contribution in [1.29, 1.82) is 0 Å². The first-order valence-electron chi connectivity index (χ1n) is 14.5. The first-order chi connectivity index (χ1) is 16.5. The van der Waals surface area contributed by atoms with Crippen molar-refractivity contribution in [1.82, 2.24) is 0 Å². The summed E-state index contributed by atoms with van der Waals surface area (Å²) < 4.78 is 12.1. The van der Waals surface area contributed by atoms with E-state index in [0.717, 1.165) is 38.5 Å². The van der Waals surface area contributed by atoms with Gasteiger partial charge in [0.05, 0.1) is 30.0 Å². The van der Waals surface area contributed by atoms with Gasteiger partial charge in [-0.05, 0) is 104 Å². The number of methoxy groups -OCH3 is 1. The van der Waals surface area contributed by atoms with E-state index in [1.165, 1.54) is 0 Å². The summed E-state index contributed by atoms with van der Waals surface area (Å²) >= 11 is 0. The third-order valence-electron chi connectivity index (χ3n) is 13.9. The van der Waals surface area contributed by atoms with Gasteiger partial charge in [0.25, 0.3) is 0 Å². The van der Waals surface area contributed by atoms with Crippen LogP contribution in [0.3, 0.4) is 0 Å². The molecule has 206 valence electrons. The van der Waals surface area contributed by atoms with Crippen molar-refractivity contribution >= 4 is 0 Å². The monoisotopic (exact) mass is 506 g/mol. The SMILES string of the molecule is COC(C)(C)C1CC[C@](O)(C2[C@@H](O)C[C@@]3(C)[C@@H]4C[C@H](O)[C@H]5C(C)(C)C(O)CC[C@@]56C[C@@]46CCC23C)O1. The molecule has 1 saturated heterocycles. The average molecular weight is 507 g/mol. The molecule has 12 atom stereocenters. The van der Waals surface area contributed by atoms with E-state index in [9.17, 15) is 20.4 Å². The van der Waals surface area contributed by atoms with Gasteiger partial charge in [0.15, 0.2) is 5.79 Å². The second-order valence-corrected chi connectivity index (χ2v) is 15.6. The maximum absolute atomic E-state index is 12.0. The molecule has 5 saturated carbocycles. The molecule has 4 N–H and O–H groups in total. The van der Waals surface area contributed by atoms with Crippen molar-refractivity contribution in [3.63, 3.8) is 0 Å². The van der Waals surface area contributed by atoms with Gasteiger partial charge < -0.3 is 29.9 Å². The summed E-state index contributed by atoms with van der Waals surface area (Å²) in [6.45, 7) is 13.0. The quantitative estimate of drug-likeness (QED) is 0.461. The van der Waals surface area contributed by atoms with Crippen LogP contribution in [0.2, 0.25) is 0 Å². The first-order valence-corrected chi connectivity index (χ1v) is 14.5. The molecule has 6 aliphatic rings. The Morgan fingerprint density at radius 3 is 2.19 bits per heavy atom. The lowest BCUT2D eigenvalue weighted by Gasteiger charge is -2.64. The fourth-order valence-corrected chi connectivity index (χ4v) is 11.8. The second kappa shape index (κ2) is 7.28. The molecule has 0 bridgehead atoms. The maximum atomic E-state index is 12.0. The molecule has 0 aromatic rings. The van der Waals surface area contributed by atoms with E-state index in [1.807, 2.05) is 13.8 Å². The molecule has 4 unspecified atom stereocenters. The van der Waals surface area contributed by atoms with Gasteiger partial charge in [0, 0.05) is 19.4 Å². The van der Waals surface area contributed by atoms with Gasteiger partial charge in [0.2, 0.25) is 0 Å². The summed E-state index contributed by atoms with van der Waals surface area (Å²) in [4.78, 5) is 0. The zero-order chi connectivity index (χ0) is 26.3. The van der Waals surface area contributed by atoms with Gasteiger partial charge in [-0.1, -0.05) is 27.7 Å². The van der Waals surface area contributed by atoms with Crippen molar-refractivity contribution in [2.75, 3.05) is 7.11 Å². The molecule has 0 aromatic carbocycles. The number of fused-ring (bicyclic) bond motifs is 2. The molecule has 1 aliphatic heterocycles. The van der Waals surface area contributed by atoms with E-state index in [0.29, 0.717) is 25.2 Å². The molecular weight excluding hydrogens is 456 g/mol. The van der Waals surface area contributed by atoms with Crippen molar-refractivity contribution < 1.29 is 29.9 Å². The highest BCUT2D eigenvalue weighted by molar-refractivity contribution is 5.32. The van der Waals surface area contributed by atoms with Gasteiger partial charge >= 0.3 is 0 Å². The Labute approximate surface area is 217 Å². The third-order valence-corrected chi connectivity index (χ3v) is 13.9. The highest BCUT2D eigenvalue weighted by atomic mass is 16.7. The molecule has 1 heterocycles. The molecule has 5 aliphatic carbocycles. The smallest absolute Gasteiger partial charge is 0.171 e. The van der Waals surface area contributed by atoms with E-state index < -0.39 is 23.6 Å². The molecule has 0 aromatic heterocycles. The number of hydrogen-bond acceptors (Lipinski definition) is 6. The van der Waals surface area contributed by atoms with Crippen molar-refractivity contribution in [2.24, 2.45) is 44.8 Å². The molecule has 2 spiro atoms. The van der Waals surface area contributed by atoms with E-state index >= 15 is 0 Å². The van der Waals surface area contributed by atoms with E-state index in [4.69, 9.17) is 9.47 Å². The Kier molecular flexibility index (Phi) is 5.26. The highest BCUT2D eigenvalue weighted by Gasteiger charge is 2.85. The summed E-state index contributed by atoms with van der Waals surface area (Å²) in [5.41, 5.74) is -1.00. The lowest BCUT2D eigenvalue weighted by Crippen LogP contribution is -2.62. The van der Waals surface area contributed by atoms with Crippen LogP contribution in [0.15, 0.2) is 0 Å². The zero-order valence-corrected chi connectivity index (χ0v) is 23.5. The highest BCUT2D eigenvalue weighted by Crippen LogP contribution is 2.89. The predicted molar refractivity (Wildman–Crippen MR) is 136 cm³/mol. The predicted octanol–water partition coefficient (Wildman–Crippen LogP) is 4.02. The minimum absolute atomic E-state index is 0.0970. The Morgan fingerprint density at radius 1 is 0.833 bits per heavy atom. The molecule has 6 rings (SSSR count). The van der Waals surface area contributed by atoms with Gasteiger partial charge in [-0.3, -0.25) is 0 Å². The van der Waals surface area contributed by atoms with Crippen molar-refractivity contribution in [3.8, 4) is 0 Å². The van der Waals surface area contributed by atoms with Gasteiger partial charge in [-0.25, -0.2) is 0 Å². The van der Waals surface area contributed by atoms with Crippen LogP contribution in [-0.2, 0) is 9.47 Å². The molecule has 6 nitrogen and oxygen atoms in total. The van der Waals surface area contributed by atoms with Crippen LogP contribution in [0.4, 0.5) is 0 Å². The summed E-state index contributed by atoms with van der Waals surface area (Å²) in [7, 11) is 1.68. The fraction of sp³-hybridized carbons (Fsp3) is 1.00. The Morgan fingerprint density at radius 2 is 1.53 bits per heavy atom. The minimum Gasteiger partial charge on any atom is -0.393 e. The molecule has 36 heavy (non-hydrogen) atoms. The largest absolute Gasteiger partial charge is 0.393 e. The lowest BCUT2D eigenvalue weighted by molar-refractivity contribution is -0.287. The number of hydrogen-bond donors (Lipinski definition) is 4. The van der Waals surface area contributed by atoms with Gasteiger partial charge in [-0.15, -0.1) is 0 Å². The first kappa shape index (κ1) is 26.0. The Balaban J connectivity index is 1.35. The molecular formula is C30H50O6.